The van der Waals surface area contributed by atoms with Crippen molar-refractivity contribution in [3.63, 3.8) is 0 Å². The molecule has 0 radical (unpaired) electrons. The molecule has 2 aliphatic heterocycles. The minimum absolute atomic E-state index is 0.0103. The topological polar surface area (TPSA) is 32.7 Å². The van der Waals surface area contributed by atoms with Crippen molar-refractivity contribution in [1.29, 1.82) is 0 Å². The second-order valence-electron chi connectivity index (χ2n) is 7.14. The number of aliphatic hydroxyl groups is 1. The van der Waals surface area contributed by atoms with Crippen LogP contribution in [0.5, 0.6) is 0 Å². The fourth-order valence-corrected chi connectivity index (χ4v) is 4.73. The van der Waals surface area contributed by atoms with Crippen LogP contribution in [0.15, 0.2) is 30.3 Å². The normalized spacial score (nSPS) is 37.9. The van der Waals surface area contributed by atoms with Crippen LogP contribution in [0.2, 0.25) is 0 Å². The second-order valence-corrected chi connectivity index (χ2v) is 7.14. The zero-order valence-electron chi connectivity index (χ0n) is 13.1. The summed E-state index contributed by atoms with van der Waals surface area (Å²) in [7, 11) is 0. The number of benzene rings is 1. The van der Waals surface area contributed by atoms with Gasteiger partial charge in [0.2, 0.25) is 5.92 Å². The van der Waals surface area contributed by atoms with Gasteiger partial charge in [0.1, 0.15) is 12.0 Å². The lowest BCUT2D eigenvalue weighted by molar-refractivity contribution is -0.164. The summed E-state index contributed by atoms with van der Waals surface area (Å²) in [4.78, 5) is 2.07. The Morgan fingerprint density at radius 1 is 1.04 bits per heavy atom. The third-order valence-electron chi connectivity index (χ3n) is 5.89. The highest BCUT2D eigenvalue weighted by Crippen LogP contribution is 2.54. The van der Waals surface area contributed by atoms with E-state index in [2.05, 4.69) is 4.90 Å². The van der Waals surface area contributed by atoms with E-state index in [1.807, 2.05) is 30.3 Å². The van der Waals surface area contributed by atoms with E-state index >= 15 is 0 Å². The molecule has 0 spiro atoms. The van der Waals surface area contributed by atoms with Gasteiger partial charge in [-0.2, -0.15) is 0 Å². The average molecular weight is 323 g/mol. The fourth-order valence-electron chi connectivity index (χ4n) is 4.73. The minimum atomic E-state index is -2.54. The molecule has 1 aliphatic carbocycles. The van der Waals surface area contributed by atoms with E-state index in [9.17, 15) is 13.9 Å². The van der Waals surface area contributed by atoms with Gasteiger partial charge in [0.25, 0.3) is 0 Å². The van der Waals surface area contributed by atoms with E-state index < -0.39 is 17.9 Å². The smallest absolute Gasteiger partial charge is 0.248 e. The van der Waals surface area contributed by atoms with Gasteiger partial charge in [0, 0.05) is 18.8 Å². The largest absolute Gasteiger partial charge is 0.378 e. The summed E-state index contributed by atoms with van der Waals surface area (Å²) < 4.78 is 33.3. The molecule has 1 aromatic rings. The molecule has 1 unspecified atom stereocenters. The van der Waals surface area contributed by atoms with Gasteiger partial charge in [0.15, 0.2) is 0 Å². The highest BCUT2D eigenvalue weighted by Gasteiger charge is 2.59. The summed E-state index contributed by atoms with van der Waals surface area (Å²) in [5.74, 6) is -2.46. The maximum absolute atomic E-state index is 13.5. The molecule has 0 amide bonds. The Kier molecular flexibility index (Phi) is 3.70. The molecule has 4 rings (SSSR count). The number of hydrogen-bond donors (Lipinski definition) is 1. The summed E-state index contributed by atoms with van der Waals surface area (Å²) in [6.45, 7) is 0.522. The van der Waals surface area contributed by atoms with E-state index in [0.717, 1.165) is 12.0 Å². The molecule has 126 valence electrons. The number of rotatable bonds is 2. The number of aliphatic hydroxyl groups excluding tert-OH is 1. The molecule has 1 aromatic carbocycles. The fraction of sp³-hybridized carbons (Fsp3) is 0.667. The summed E-state index contributed by atoms with van der Waals surface area (Å²) in [5.41, 5.74) is 0.563. The standard InChI is InChI=1S/C18H23F2NO2/c19-17(20)9-6-14(7-10-17)18-11-8-16(22)21(18)15(12-23-18)13-4-2-1-3-5-13/h1-5,14-16,22H,6-12H2/t15-,16?,18+/m0/s1. The molecule has 3 fully saturated rings. The summed E-state index contributed by atoms with van der Waals surface area (Å²) in [5, 5.41) is 10.5. The van der Waals surface area contributed by atoms with Gasteiger partial charge >= 0.3 is 0 Å². The van der Waals surface area contributed by atoms with Gasteiger partial charge in [-0.25, -0.2) is 13.7 Å². The zero-order chi connectivity index (χ0) is 16.1. The van der Waals surface area contributed by atoms with E-state index in [-0.39, 0.29) is 24.8 Å². The number of alkyl halides is 2. The molecule has 1 N–H and O–H groups in total. The Balaban J connectivity index is 1.61. The van der Waals surface area contributed by atoms with Crippen LogP contribution in [0.3, 0.4) is 0 Å². The van der Waals surface area contributed by atoms with Crippen molar-refractivity contribution < 1.29 is 18.6 Å². The first-order chi connectivity index (χ1) is 11.0. The average Bonchev–Trinajstić information content (AvgIpc) is 3.08. The van der Waals surface area contributed by atoms with Crippen molar-refractivity contribution in [2.24, 2.45) is 5.92 Å². The van der Waals surface area contributed by atoms with Crippen LogP contribution in [-0.4, -0.2) is 34.5 Å². The highest BCUT2D eigenvalue weighted by molar-refractivity contribution is 5.22. The van der Waals surface area contributed by atoms with E-state index in [4.69, 9.17) is 4.74 Å². The monoisotopic (exact) mass is 323 g/mol. The van der Waals surface area contributed by atoms with Gasteiger partial charge in [-0.05, 0) is 31.2 Å². The zero-order valence-corrected chi connectivity index (χ0v) is 13.1. The molecule has 3 atom stereocenters. The van der Waals surface area contributed by atoms with Crippen LogP contribution in [0.1, 0.15) is 50.1 Å². The number of ether oxygens (including phenoxy) is 1. The van der Waals surface area contributed by atoms with Crippen LogP contribution in [0, 0.1) is 5.92 Å². The third-order valence-corrected chi connectivity index (χ3v) is 5.89. The molecule has 3 aliphatic rings. The van der Waals surface area contributed by atoms with Crippen molar-refractivity contribution in [3.05, 3.63) is 35.9 Å². The van der Waals surface area contributed by atoms with Crippen LogP contribution >= 0.6 is 0 Å². The summed E-state index contributed by atoms with van der Waals surface area (Å²) >= 11 is 0. The van der Waals surface area contributed by atoms with Crippen molar-refractivity contribution >= 4 is 0 Å². The van der Waals surface area contributed by atoms with Crippen molar-refractivity contribution in [2.75, 3.05) is 6.61 Å². The van der Waals surface area contributed by atoms with Crippen molar-refractivity contribution in [2.45, 2.75) is 62.4 Å². The lowest BCUT2D eigenvalue weighted by Crippen LogP contribution is -2.51. The van der Waals surface area contributed by atoms with Crippen LogP contribution in [-0.2, 0) is 4.74 Å². The maximum atomic E-state index is 13.5. The number of hydrogen-bond acceptors (Lipinski definition) is 3. The first kappa shape index (κ1) is 15.5. The SMILES string of the molecule is OC1CC[C@]2(C3CCC(F)(F)CC3)OC[C@@H](c3ccccc3)N12. The molecule has 0 aromatic heterocycles. The molecule has 5 heteroatoms. The van der Waals surface area contributed by atoms with Gasteiger partial charge < -0.3 is 9.84 Å². The summed E-state index contributed by atoms with van der Waals surface area (Å²) in [6.07, 6.45) is 1.63. The Morgan fingerprint density at radius 3 is 2.43 bits per heavy atom. The molecule has 1 saturated carbocycles. The van der Waals surface area contributed by atoms with Crippen molar-refractivity contribution in [3.8, 4) is 0 Å². The van der Waals surface area contributed by atoms with Gasteiger partial charge in [0.05, 0.1) is 12.6 Å². The third kappa shape index (κ3) is 2.49. The Labute approximate surface area is 135 Å². The summed E-state index contributed by atoms with van der Waals surface area (Å²) in [6, 6.07) is 10.0. The van der Waals surface area contributed by atoms with Crippen LogP contribution in [0.4, 0.5) is 8.78 Å². The Bertz CT molecular complexity index is 557. The van der Waals surface area contributed by atoms with Crippen molar-refractivity contribution in [1.82, 2.24) is 4.90 Å². The van der Waals surface area contributed by atoms with Crippen LogP contribution in [0.25, 0.3) is 0 Å². The molecule has 2 saturated heterocycles. The molecule has 0 bridgehead atoms. The molecular weight excluding hydrogens is 300 g/mol. The van der Waals surface area contributed by atoms with E-state index in [1.54, 1.807) is 0 Å². The lowest BCUT2D eigenvalue weighted by Gasteiger charge is -2.43. The van der Waals surface area contributed by atoms with E-state index in [1.165, 1.54) is 0 Å². The number of halogens is 2. The van der Waals surface area contributed by atoms with Gasteiger partial charge in [-0.3, -0.25) is 0 Å². The predicted molar refractivity (Wildman–Crippen MR) is 81.9 cm³/mol. The first-order valence-corrected chi connectivity index (χ1v) is 8.55. The van der Waals surface area contributed by atoms with Gasteiger partial charge in [-0.15, -0.1) is 0 Å². The predicted octanol–water partition coefficient (Wildman–Crippen LogP) is 3.69. The second kappa shape index (κ2) is 5.50. The number of nitrogens with zero attached hydrogens (tertiary/aromatic N) is 1. The molecule has 3 nitrogen and oxygen atoms in total. The quantitative estimate of drug-likeness (QED) is 0.901. The van der Waals surface area contributed by atoms with Gasteiger partial charge in [-0.1, -0.05) is 30.3 Å². The van der Waals surface area contributed by atoms with Crippen LogP contribution < -0.4 is 0 Å². The molecule has 2 heterocycles. The molecule has 23 heavy (non-hydrogen) atoms. The number of fused-ring (bicyclic) bond motifs is 1. The van der Waals surface area contributed by atoms with E-state index in [0.29, 0.717) is 25.9 Å². The Morgan fingerprint density at radius 2 is 1.74 bits per heavy atom. The highest BCUT2D eigenvalue weighted by atomic mass is 19.3. The maximum Gasteiger partial charge on any atom is 0.248 e. The Hall–Kier alpha value is -1.04. The first-order valence-electron chi connectivity index (χ1n) is 8.55. The minimum Gasteiger partial charge on any atom is -0.378 e. The molecular formula is C18H23F2NO2. The lowest BCUT2D eigenvalue weighted by atomic mass is 9.78.